The normalized spacial score (nSPS) is 12.5. The number of ketones is 1. The maximum atomic E-state index is 11.1. The molecule has 0 bridgehead atoms. The van der Waals surface area contributed by atoms with Crippen molar-refractivity contribution in [3.8, 4) is 0 Å². The highest BCUT2D eigenvalue weighted by Crippen LogP contribution is 2.17. The first-order valence-corrected chi connectivity index (χ1v) is 4.81. The molecule has 0 saturated carbocycles. The molecule has 0 spiro atoms. The molecule has 3 heteroatoms. The average Bonchev–Trinajstić information content (AvgIpc) is 2.26. The van der Waals surface area contributed by atoms with E-state index in [-0.39, 0.29) is 11.9 Å². The van der Waals surface area contributed by atoms with E-state index >= 15 is 0 Å². The fourth-order valence-corrected chi connectivity index (χ4v) is 1.38. The van der Waals surface area contributed by atoms with Gasteiger partial charge in [0.05, 0.1) is 6.61 Å². The summed E-state index contributed by atoms with van der Waals surface area (Å²) in [7, 11) is 3.28. The predicted molar refractivity (Wildman–Crippen MR) is 58.1 cm³/mol. The summed E-state index contributed by atoms with van der Waals surface area (Å²) < 4.78 is 10.3. The van der Waals surface area contributed by atoms with Crippen molar-refractivity contribution in [2.24, 2.45) is 0 Å². The van der Waals surface area contributed by atoms with Crippen LogP contribution >= 0.6 is 0 Å². The quantitative estimate of drug-likeness (QED) is 0.696. The van der Waals surface area contributed by atoms with Crippen LogP contribution in [0, 0.1) is 0 Å². The van der Waals surface area contributed by atoms with Crippen molar-refractivity contribution in [2.45, 2.75) is 13.0 Å². The van der Waals surface area contributed by atoms with Gasteiger partial charge >= 0.3 is 0 Å². The smallest absolute Gasteiger partial charge is 0.159 e. The van der Waals surface area contributed by atoms with E-state index in [4.69, 9.17) is 9.47 Å². The summed E-state index contributed by atoms with van der Waals surface area (Å²) in [5.41, 5.74) is 1.73. The van der Waals surface area contributed by atoms with Crippen LogP contribution in [0.4, 0.5) is 0 Å². The van der Waals surface area contributed by atoms with Crippen LogP contribution in [0.1, 0.15) is 28.9 Å². The number of rotatable bonds is 5. The van der Waals surface area contributed by atoms with E-state index in [1.165, 1.54) is 0 Å². The highest BCUT2D eigenvalue weighted by Gasteiger charge is 2.10. The number of carbonyl (C=O) groups is 1. The predicted octanol–water partition coefficient (Wildman–Crippen LogP) is 2.22. The van der Waals surface area contributed by atoms with E-state index in [1.54, 1.807) is 33.3 Å². The van der Waals surface area contributed by atoms with Gasteiger partial charge in [-0.25, -0.2) is 0 Å². The Morgan fingerprint density at radius 3 is 2.27 bits per heavy atom. The Morgan fingerprint density at radius 1 is 1.27 bits per heavy atom. The van der Waals surface area contributed by atoms with Crippen LogP contribution in [0.5, 0.6) is 0 Å². The van der Waals surface area contributed by atoms with Gasteiger partial charge in [-0.2, -0.15) is 0 Å². The molecule has 1 unspecified atom stereocenters. The fraction of sp³-hybridized carbons (Fsp3) is 0.417. The van der Waals surface area contributed by atoms with E-state index < -0.39 is 0 Å². The Balaban J connectivity index is 2.81. The maximum absolute atomic E-state index is 11.1. The average molecular weight is 208 g/mol. The van der Waals surface area contributed by atoms with Gasteiger partial charge in [-0.15, -0.1) is 0 Å². The molecule has 0 aromatic heterocycles. The summed E-state index contributed by atoms with van der Waals surface area (Å²) in [5, 5.41) is 0. The second-order valence-corrected chi connectivity index (χ2v) is 3.36. The third-order valence-corrected chi connectivity index (χ3v) is 2.29. The Labute approximate surface area is 90.0 Å². The highest BCUT2D eigenvalue weighted by atomic mass is 16.5. The maximum Gasteiger partial charge on any atom is 0.159 e. The first-order valence-electron chi connectivity index (χ1n) is 4.81. The van der Waals surface area contributed by atoms with E-state index in [9.17, 15) is 4.79 Å². The van der Waals surface area contributed by atoms with Gasteiger partial charge in [0.15, 0.2) is 5.78 Å². The molecular formula is C12H16O3. The first-order chi connectivity index (χ1) is 7.19. The van der Waals surface area contributed by atoms with Crippen molar-refractivity contribution in [3.63, 3.8) is 0 Å². The van der Waals surface area contributed by atoms with Crippen LogP contribution < -0.4 is 0 Å². The molecule has 15 heavy (non-hydrogen) atoms. The lowest BCUT2D eigenvalue weighted by molar-refractivity contribution is 0.0275. The second kappa shape index (κ2) is 5.63. The number of hydrogen-bond donors (Lipinski definition) is 0. The molecule has 1 aromatic rings. The first kappa shape index (κ1) is 11.9. The van der Waals surface area contributed by atoms with Crippen LogP contribution in [0.2, 0.25) is 0 Å². The highest BCUT2D eigenvalue weighted by molar-refractivity contribution is 5.94. The topological polar surface area (TPSA) is 35.5 Å². The van der Waals surface area contributed by atoms with Crippen LogP contribution in [0.3, 0.4) is 0 Å². The number of methoxy groups -OCH3 is 2. The Hall–Kier alpha value is -1.19. The number of benzene rings is 1. The molecule has 0 N–H and O–H groups in total. The zero-order chi connectivity index (χ0) is 11.3. The molecule has 3 nitrogen and oxygen atoms in total. The standard InChI is InChI=1S/C12H16O3/c1-9(13)10-4-6-11(7-5-10)12(15-3)8-14-2/h4-7,12H,8H2,1-3H3. The summed E-state index contributed by atoms with van der Waals surface area (Å²) >= 11 is 0. The van der Waals surface area contributed by atoms with Crippen molar-refractivity contribution < 1.29 is 14.3 Å². The van der Waals surface area contributed by atoms with E-state index in [1.807, 2.05) is 12.1 Å². The molecule has 0 aliphatic carbocycles. The summed E-state index contributed by atoms with van der Waals surface area (Å²) in [5.74, 6) is 0.0715. The molecule has 1 rings (SSSR count). The van der Waals surface area contributed by atoms with Gasteiger partial charge in [-0.05, 0) is 12.5 Å². The lowest BCUT2D eigenvalue weighted by Crippen LogP contribution is -2.08. The molecule has 1 aromatic carbocycles. The zero-order valence-electron chi connectivity index (χ0n) is 9.32. The summed E-state index contributed by atoms with van der Waals surface area (Å²) in [4.78, 5) is 11.1. The van der Waals surface area contributed by atoms with Crippen molar-refractivity contribution in [2.75, 3.05) is 20.8 Å². The Bertz CT molecular complexity index is 316. The number of ether oxygens (including phenoxy) is 2. The Morgan fingerprint density at radius 2 is 1.87 bits per heavy atom. The van der Waals surface area contributed by atoms with Gasteiger partial charge in [0.25, 0.3) is 0 Å². The van der Waals surface area contributed by atoms with Crippen molar-refractivity contribution >= 4 is 5.78 Å². The molecule has 0 aliphatic rings. The third kappa shape index (κ3) is 3.15. The number of Topliss-reactive ketones (excluding diaryl/α,β-unsaturated/α-hetero) is 1. The molecule has 0 heterocycles. The molecular weight excluding hydrogens is 192 g/mol. The minimum absolute atomic E-state index is 0.0715. The Kier molecular flexibility index (Phi) is 4.46. The monoisotopic (exact) mass is 208 g/mol. The zero-order valence-corrected chi connectivity index (χ0v) is 9.32. The number of carbonyl (C=O) groups excluding carboxylic acids is 1. The van der Waals surface area contributed by atoms with Crippen molar-refractivity contribution in [1.82, 2.24) is 0 Å². The molecule has 0 aliphatic heterocycles. The summed E-state index contributed by atoms with van der Waals surface area (Å²) in [6, 6.07) is 7.40. The van der Waals surface area contributed by atoms with Gasteiger partial charge in [0.2, 0.25) is 0 Å². The molecule has 0 radical (unpaired) electrons. The molecule has 1 atom stereocenters. The van der Waals surface area contributed by atoms with Crippen molar-refractivity contribution in [1.29, 1.82) is 0 Å². The van der Waals surface area contributed by atoms with Gasteiger partial charge in [-0.3, -0.25) is 4.79 Å². The van der Waals surface area contributed by atoms with E-state index in [0.29, 0.717) is 12.2 Å². The third-order valence-electron chi connectivity index (χ3n) is 2.29. The van der Waals surface area contributed by atoms with Gasteiger partial charge in [0.1, 0.15) is 6.10 Å². The van der Waals surface area contributed by atoms with Gasteiger partial charge in [-0.1, -0.05) is 24.3 Å². The minimum atomic E-state index is -0.0731. The molecule has 0 fully saturated rings. The molecule has 0 saturated heterocycles. The van der Waals surface area contributed by atoms with E-state index in [0.717, 1.165) is 5.56 Å². The van der Waals surface area contributed by atoms with Gasteiger partial charge < -0.3 is 9.47 Å². The lowest BCUT2D eigenvalue weighted by atomic mass is 10.1. The van der Waals surface area contributed by atoms with Gasteiger partial charge in [0, 0.05) is 19.8 Å². The van der Waals surface area contributed by atoms with Crippen LogP contribution in [-0.4, -0.2) is 26.6 Å². The largest absolute Gasteiger partial charge is 0.382 e. The van der Waals surface area contributed by atoms with Crippen molar-refractivity contribution in [3.05, 3.63) is 35.4 Å². The molecule has 82 valence electrons. The lowest BCUT2D eigenvalue weighted by Gasteiger charge is -2.14. The molecule has 0 amide bonds. The van der Waals surface area contributed by atoms with Crippen LogP contribution in [0.15, 0.2) is 24.3 Å². The summed E-state index contributed by atoms with van der Waals surface area (Å²) in [6.07, 6.45) is -0.0731. The minimum Gasteiger partial charge on any atom is -0.382 e. The summed E-state index contributed by atoms with van der Waals surface area (Å²) in [6.45, 7) is 2.06. The second-order valence-electron chi connectivity index (χ2n) is 3.36. The van der Waals surface area contributed by atoms with Crippen LogP contribution in [0.25, 0.3) is 0 Å². The number of hydrogen-bond acceptors (Lipinski definition) is 3. The SMILES string of the molecule is COCC(OC)c1ccc(C(C)=O)cc1. The van der Waals surface area contributed by atoms with Crippen LogP contribution in [-0.2, 0) is 9.47 Å². The van der Waals surface area contributed by atoms with E-state index in [2.05, 4.69) is 0 Å². The fourth-order valence-electron chi connectivity index (χ4n) is 1.38.